The molecule has 3 aromatic rings. The summed E-state index contributed by atoms with van der Waals surface area (Å²) in [6.45, 7) is 0. The first-order valence-corrected chi connectivity index (χ1v) is 5.77. The third-order valence-electron chi connectivity index (χ3n) is 3.06. The maximum absolute atomic E-state index is 12.3. The molecule has 8 nitrogen and oxygen atoms in total. The Morgan fingerprint density at radius 3 is 1.62 bits per heavy atom. The van der Waals surface area contributed by atoms with Crippen LogP contribution in [0.2, 0.25) is 0 Å². The minimum Gasteiger partial charge on any atom is -0.456 e. The topological polar surface area (TPSA) is 116 Å². The molecule has 21 heavy (non-hydrogen) atoms. The molecule has 0 N–H and O–H groups in total. The smallest absolute Gasteiger partial charge is 0.270 e. The van der Waals surface area contributed by atoms with Crippen LogP contribution in [0.1, 0.15) is 0 Å². The molecule has 0 radical (unpaired) electrons. The minimum atomic E-state index is -0.628. The number of nitrogens with zero attached hydrogens (tertiary/aromatic N) is 2. The van der Waals surface area contributed by atoms with Crippen molar-refractivity contribution >= 4 is 33.3 Å². The molecule has 0 saturated carbocycles. The number of hydrogen-bond acceptors (Lipinski definition) is 6. The van der Waals surface area contributed by atoms with Gasteiger partial charge < -0.3 is 4.42 Å². The lowest BCUT2D eigenvalue weighted by Crippen LogP contribution is -2.03. The van der Waals surface area contributed by atoms with Gasteiger partial charge in [-0.2, -0.15) is 0 Å². The molecule has 1 heterocycles. The van der Waals surface area contributed by atoms with Gasteiger partial charge in [0, 0.05) is 24.3 Å². The van der Waals surface area contributed by atoms with E-state index in [1.165, 1.54) is 24.3 Å². The zero-order valence-corrected chi connectivity index (χ0v) is 10.3. The Labute approximate surface area is 115 Å². The Hall–Kier alpha value is -3.29. The molecule has 0 spiro atoms. The molecular formula is C13H6N2O6. The van der Waals surface area contributed by atoms with Gasteiger partial charge in [-0.3, -0.25) is 25.0 Å². The second-order valence-electron chi connectivity index (χ2n) is 4.31. The van der Waals surface area contributed by atoms with Crippen LogP contribution in [0.3, 0.4) is 0 Å². The van der Waals surface area contributed by atoms with E-state index >= 15 is 0 Å². The molecule has 3 rings (SSSR count). The SMILES string of the molecule is O=c1c2cc([N+](=O)[O-])ccc2oc2ccc([N+](=O)[O-])cc12. The van der Waals surface area contributed by atoms with Crippen molar-refractivity contribution in [1.29, 1.82) is 0 Å². The van der Waals surface area contributed by atoms with Gasteiger partial charge in [0.05, 0.1) is 20.6 Å². The fourth-order valence-electron chi connectivity index (χ4n) is 2.06. The number of fused-ring (bicyclic) bond motifs is 2. The van der Waals surface area contributed by atoms with Gasteiger partial charge >= 0.3 is 0 Å². The molecule has 104 valence electrons. The average molecular weight is 286 g/mol. The fourth-order valence-corrected chi connectivity index (χ4v) is 2.06. The van der Waals surface area contributed by atoms with Gasteiger partial charge in [0.15, 0.2) is 0 Å². The highest BCUT2D eigenvalue weighted by Crippen LogP contribution is 2.24. The monoisotopic (exact) mass is 286 g/mol. The van der Waals surface area contributed by atoms with E-state index < -0.39 is 15.3 Å². The molecule has 0 saturated heterocycles. The summed E-state index contributed by atoms with van der Waals surface area (Å²) in [4.78, 5) is 32.6. The van der Waals surface area contributed by atoms with E-state index in [0.717, 1.165) is 12.1 Å². The van der Waals surface area contributed by atoms with Crippen LogP contribution < -0.4 is 5.43 Å². The highest BCUT2D eigenvalue weighted by atomic mass is 16.6. The van der Waals surface area contributed by atoms with Crippen molar-refractivity contribution < 1.29 is 14.3 Å². The second kappa shape index (κ2) is 4.37. The van der Waals surface area contributed by atoms with Gasteiger partial charge in [0.25, 0.3) is 11.4 Å². The zero-order valence-electron chi connectivity index (χ0n) is 10.3. The van der Waals surface area contributed by atoms with E-state index in [1.54, 1.807) is 0 Å². The van der Waals surface area contributed by atoms with Gasteiger partial charge in [0.2, 0.25) is 5.43 Å². The van der Waals surface area contributed by atoms with Crippen LogP contribution in [0.15, 0.2) is 45.6 Å². The summed E-state index contributed by atoms with van der Waals surface area (Å²) < 4.78 is 5.45. The molecule has 2 aromatic carbocycles. The quantitative estimate of drug-likeness (QED) is 0.406. The largest absolute Gasteiger partial charge is 0.456 e. The maximum Gasteiger partial charge on any atom is 0.270 e. The number of non-ortho nitro benzene ring substituents is 2. The first-order valence-electron chi connectivity index (χ1n) is 5.77. The average Bonchev–Trinajstić information content (AvgIpc) is 2.46. The number of nitro benzene ring substituents is 2. The molecule has 0 amide bonds. The molecule has 0 aliphatic heterocycles. The number of nitro groups is 2. The summed E-state index contributed by atoms with van der Waals surface area (Å²) in [7, 11) is 0. The van der Waals surface area contributed by atoms with Crippen LogP contribution >= 0.6 is 0 Å². The second-order valence-corrected chi connectivity index (χ2v) is 4.31. The predicted octanol–water partition coefficient (Wildman–Crippen LogP) is 2.76. The van der Waals surface area contributed by atoms with Crippen molar-refractivity contribution in [2.24, 2.45) is 0 Å². The van der Waals surface area contributed by atoms with Crippen molar-refractivity contribution in [3.8, 4) is 0 Å². The standard InChI is InChI=1S/C13H6N2O6/c16-13-9-5-7(14(17)18)1-3-11(9)21-12-4-2-8(15(19)20)6-10(12)13/h1-6H. The van der Waals surface area contributed by atoms with Crippen molar-refractivity contribution in [3.05, 3.63) is 66.9 Å². The van der Waals surface area contributed by atoms with Crippen LogP contribution in [0.25, 0.3) is 21.9 Å². The van der Waals surface area contributed by atoms with Gasteiger partial charge in [-0.25, -0.2) is 0 Å². The molecule has 0 aliphatic rings. The van der Waals surface area contributed by atoms with E-state index in [4.69, 9.17) is 4.42 Å². The molecule has 0 aliphatic carbocycles. The van der Waals surface area contributed by atoms with Crippen molar-refractivity contribution in [1.82, 2.24) is 0 Å². The summed E-state index contributed by atoms with van der Waals surface area (Å²) in [5.41, 5.74) is -0.670. The fraction of sp³-hybridized carbons (Fsp3) is 0. The van der Waals surface area contributed by atoms with E-state index in [-0.39, 0.29) is 33.3 Å². The summed E-state index contributed by atoms with van der Waals surface area (Å²) in [5.74, 6) is 0. The Bertz CT molecular complexity index is 900. The van der Waals surface area contributed by atoms with E-state index in [1.807, 2.05) is 0 Å². The molecule has 0 unspecified atom stereocenters. The lowest BCUT2D eigenvalue weighted by molar-refractivity contribution is -0.384. The summed E-state index contributed by atoms with van der Waals surface area (Å²) in [5, 5.41) is 21.5. The summed E-state index contributed by atoms with van der Waals surface area (Å²) in [6.07, 6.45) is 0. The van der Waals surface area contributed by atoms with Gasteiger partial charge in [0.1, 0.15) is 11.2 Å². The molecule has 0 fully saturated rings. The van der Waals surface area contributed by atoms with Crippen LogP contribution in [0, 0.1) is 20.2 Å². The summed E-state index contributed by atoms with van der Waals surface area (Å²) in [6, 6.07) is 7.30. The molecule has 0 atom stereocenters. The number of benzene rings is 2. The molecule has 1 aromatic heterocycles. The Morgan fingerprint density at radius 2 is 1.24 bits per heavy atom. The Morgan fingerprint density at radius 1 is 0.810 bits per heavy atom. The summed E-state index contributed by atoms with van der Waals surface area (Å²) >= 11 is 0. The molecule has 0 bridgehead atoms. The Balaban J connectivity index is 2.42. The van der Waals surface area contributed by atoms with E-state index in [0.29, 0.717) is 0 Å². The number of hydrogen-bond donors (Lipinski definition) is 0. The first-order chi connectivity index (χ1) is 9.97. The van der Waals surface area contributed by atoms with Crippen molar-refractivity contribution in [2.75, 3.05) is 0 Å². The van der Waals surface area contributed by atoms with E-state index in [9.17, 15) is 25.0 Å². The van der Waals surface area contributed by atoms with Crippen LogP contribution in [-0.4, -0.2) is 9.85 Å². The highest BCUT2D eigenvalue weighted by Gasteiger charge is 2.15. The lowest BCUT2D eigenvalue weighted by Gasteiger charge is -2.01. The first kappa shape index (κ1) is 12.7. The maximum atomic E-state index is 12.3. The predicted molar refractivity (Wildman–Crippen MR) is 73.3 cm³/mol. The van der Waals surface area contributed by atoms with Crippen LogP contribution in [0.4, 0.5) is 11.4 Å². The van der Waals surface area contributed by atoms with Crippen LogP contribution in [0.5, 0.6) is 0 Å². The third kappa shape index (κ3) is 1.98. The highest BCUT2D eigenvalue weighted by molar-refractivity contribution is 5.91. The lowest BCUT2D eigenvalue weighted by atomic mass is 10.1. The normalized spacial score (nSPS) is 10.9. The van der Waals surface area contributed by atoms with Gasteiger partial charge in [-0.15, -0.1) is 0 Å². The van der Waals surface area contributed by atoms with Gasteiger partial charge in [-0.1, -0.05) is 0 Å². The number of rotatable bonds is 2. The minimum absolute atomic E-state index is 0.0113. The molecule has 8 heteroatoms. The zero-order chi connectivity index (χ0) is 15.1. The van der Waals surface area contributed by atoms with E-state index in [2.05, 4.69) is 0 Å². The molecular weight excluding hydrogens is 280 g/mol. The Kier molecular flexibility index (Phi) is 2.65. The van der Waals surface area contributed by atoms with Gasteiger partial charge in [-0.05, 0) is 12.1 Å². The third-order valence-corrected chi connectivity index (χ3v) is 3.06. The van der Waals surface area contributed by atoms with Crippen molar-refractivity contribution in [2.45, 2.75) is 0 Å². The van der Waals surface area contributed by atoms with Crippen LogP contribution in [-0.2, 0) is 0 Å². The van der Waals surface area contributed by atoms with Crippen molar-refractivity contribution in [3.63, 3.8) is 0 Å².